The number of aliphatic hydroxyl groups excluding tert-OH is 1. The number of ether oxygens (including phenoxy) is 2. The second-order valence-corrected chi connectivity index (χ2v) is 11.3. The summed E-state index contributed by atoms with van der Waals surface area (Å²) in [4.78, 5) is 12.1. The Kier molecular flexibility index (Phi) is 31.8. The Morgan fingerprint density at radius 1 is 0.590 bits per heavy atom. The molecule has 0 saturated carbocycles. The number of hydrogen-bond donors (Lipinski definition) is 1. The molecule has 1 N–H and O–H groups in total. The minimum Gasteiger partial charge on any atom is -0.498 e. The van der Waals surface area contributed by atoms with E-state index in [0.29, 0.717) is 6.42 Å². The van der Waals surface area contributed by atoms with Gasteiger partial charge in [0.2, 0.25) is 0 Å². The Balaban J connectivity index is 3.51. The smallest absolute Gasteiger partial charge is 0.306 e. The average molecular weight is 551 g/mol. The van der Waals surface area contributed by atoms with Crippen molar-refractivity contribution in [3.8, 4) is 0 Å². The van der Waals surface area contributed by atoms with Crippen LogP contribution < -0.4 is 0 Å². The highest BCUT2D eigenvalue weighted by molar-refractivity contribution is 5.69. The Hall–Kier alpha value is -1.29. The fourth-order valence-electron chi connectivity index (χ4n) is 4.76. The molecule has 0 unspecified atom stereocenters. The molecule has 0 fully saturated rings. The molecule has 4 nitrogen and oxygen atoms in total. The maximum atomic E-state index is 12.1. The van der Waals surface area contributed by atoms with Gasteiger partial charge in [0.1, 0.15) is 6.61 Å². The number of carbonyl (C=O) groups is 1. The van der Waals surface area contributed by atoms with Gasteiger partial charge in [0.25, 0.3) is 0 Å². The molecule has 0 saturated heterocycles. The highest BCUT2D eigenvalue weighted by atomic mass is 16.6. The van der Waals surface area contributed by atoms with Gasteiger partial charge in [-0.25, -0.2) is 0 Å². The quantitative estimate of drug-likeness (QED) is 0.0403. The first-order valence-corrected chi connectivity index (χ1v) is 17.0. The van der Waals surface area contributed by atoms with E-state index in [9.17, 15) is 9.90 Å². The molecular formula is C35H66O4. The van der Waals surface area contributed by atoms with E-state index >= 15 is 0 Å². The van der Waals surface area contributed by atoms with Gasteiger partial charge >= 0.3 is 5.97 Å². The third kappa shape index (κ3) is 31.1. The molecule has 230 valence electrons. The van der Waals surface area contributed by atoms with Crippen LogP contribution in [0.25, 0.3) is 0 Å². The maximum Gasteiger partial charge on any atom is 0.306 e. The summed E-state index contributed by atoms with van der Waals surface area (Å²) >= 11 is 0. The van der Waals surface area contributed by atoms with Crippen LogP contribution in [0.1, 0.15) is 174 Å². The lowest BCUT2D eigenvalue weighted by atomic mass is 10.1. The van der Waals surface area contributed by atoms with Crippen LogP contribution in [0.4, 0.5) is 0 Å². The zero-order valence-corrected chi connectivity index (χ0v) is 26.2. The van der Waals surface area contributed by atoms with E-state index in [1.54, 1.807) is 6.26 Å². The zero-order valence-electron chi connectivity index (χ0n) is 26.2. The molecule has 0 aliphatic rings. The second kappa shape index (κ2) is 32.9. The van der Waals surface area contributed by atoms with Gasteiger partial charge in [-0.15, -0.1) is 0 Å². The van der Waals surface area contributed by atoms with Crippen molar-refractivity contribution in [1.29, 1.82) is 0 Å². The lowest BCUT2D eigenvalue weighted by Gasteiger charge is -2.15. The Labute approximate surface area is 243 Å². The number of carbonyl (C=O) groups excluding carboxylic acids is 1. The van der Waals surface area contributed by atoms with Crippen LogP contribution in [0.5, 0.6) is 0 Å². The van der Waals surface area contributed by atoms with Crippen LogP contribution in [-0.2, 0) is 14.3 Å². The monoisotopic (exact) mass is 550 g/mol. The van der Waals surface area contributed by atoms with E-state index in [1.807, 2.05) is 6.08 Å². The van der Waals surface area contributed by atoms with Crippen LogP contribution in [0, 0.1) is 0 Å². The summed E-state index contributed by atoms with van der Waals surface area (Å²) in [6.45, 7) is 4.54. The molecule has 4 heteroatoms. The van der Waals surface area contributed by atoms with E-state index < -0.39 is 6.10 Å². The standard InChI is InChI=1S/C35H66O4/c1-3-5-7-9-11-13-15-17-18-19-20-22-24-26-28-30-35(37)39-34(32-36)33-38-31-29-27-25-23-21-16-14-12-10-8-6-4-2/h17-18,29,31,34,36H,3-16,19-28,30,32-33H2,1-2H3/b18-17-,31-29-/t34-/m0/s1. The van der Waals surface area contributed by atoms with E-state index in [1.165, 1.54) is 128 Å². The van der Waals surface area contributed by atoms with E-state index in [4.69, 9.17) is 9.47 Å². The molecule has 0 amide bonds. The van der Waals surface area contributed by atoms with Crippen LogP contribution in [-0.4, -0.2) is 30.4 Å². The summed E-state index contributed by atoms with van der Waals surface area (Å²) < 4.78 is 10.9. The first kappa shape index (κ1) is 37.7. The largest absolute Gasteiger partial charge is 0.498 e. The van der Waals surface area contributed by atoms with Gasteiger partial charge in [-0.3, -0.25) is 4.79 Å². The van der Waals surface area contributed by atoms with Gasteiger partial charge < -0.3 is 14.6 Å². The summed E-state index contributed by atoms with van der Waals surface area (Å²) in [5.41, 5.74) is 0. The van der Waals surface area contributed by atoms with Crippen molar-refractivity contribution in [3.63, 3.8) is 0 Å². The molecule has 0 aliphatic carbocycles. The fraction of sp³-hybridized carbons (Fsp3) is 0.857. The van der Waals surface area contributed by atoms with Gasteiger partial charge in [0.15, 0.2) is 6.10 Å². The summed E-state index contributed by atoms with van der Waals surface area (Å²) in [5, 5.41) is 9.50. The number of esters is 1. The van der Waals surface area contributed by atoms with Gasteiger partial charge in [0, 0.05) is 6.42 Å². The van der Waals surface area contributed by atoms with Gasteiger partial charge in [-0.05, 0) is 51.0 Å². The number of hydrogen-bond acceptors (Lipinski definition) is 4. The zero-order chi connectivity index (χ0) is 28.5. The minimum atomic E-state index is -0.581. The van der Waals surface area contributed by atoms with Crippen molar-refractivity contribution >= 4 is 5.97 Å². The summed E-state index contributed by atoms with van der Waals surface area (Å²) in [7, 11) is 0. The average Bonchev–Trinajstić information content (AvgIpc) is 2.94. The molecule has 1 atom stereocenters. The van der Waals surface area contributed by atoms with Crippen LogP contribution in [0.2, 0.25) is 0 Å². The predicted octanol–water partition coefficient (Wildman–Crippen LogP) is 10.8. The molecule has 0 rings (SSSR count). The molecule has 0 aliphatic heterocycles. The number of rotatable bonds is 31. The van der Waals surface area contributed by atoms with Crippen molar-refractivity contribution in [2.45, 2.75) is 180 Å². The molecule has 0 radical (unpaired) electrons. The molecule has 0 bridgehead atoms. The fourth-order valence-corrected chi connectivity index (χ4v) is 4.76. The maximum absolute atomic E-state index is 12.1. The first-order valence-electron chi connectivity index (χ1n) is 17.0. The second-order valence-electron chi connectivity index (χ2n) is 11.3. The van der Waals surface area contributed by atoms with Crippen molar-refractivity contribution in [2.24, 2.45) is 0 Å². The van der Waals surface area contributed by atoms with Crippen molar-refractivity contribution in [2.75, 3.05) is 13.2 Å². The van der Waals surface area contributed by atoms with E-state index in [2.05, 4.69) is 26.0 Å². The molecule has 39 heavy (non-hydrogen) atoms. The topological polar surface area (TPSA) is 55.8 Å². The lowest BCUT2D eigenvalue weighted by molar-refractivity contribution is -0.153. The predicted molar refractivity (Wildman–Crippen MR) is 168 cm³/mol. The molecular weight excluding hydrogens is 484 g/mol. The van der Waals surface area contributed by atoms with Crippen LogP contribution in [0.3, 0.4) is 0 Å². The van der Waals surface area contributed by atoms with Crippen LogP contribution >= 0.6 is 0 Å². The third-order valence-electron chi connectivity index (χ3n) is 7.34. The highest BCUT2D eigenvalue weighted by Crippen LogP contribution is 2.12. The van der Waals surface area contributed by atoms with Crippen LogP contribution in [0.15, 0.2) is 24.5 Å². The Morgan fingerprint density at radius 2 is 1.00 bits per heavy atom. The summed E-state index contributed by atoms with van der Waals surface area (Å²) in [6.07, 6.45) is 38.8. The van der Waals surface area contributed by atoms with Gasteiger partial charge in [-0.2, -0.15) is 0 Å². The molecule has 0 aromatic rings. The SMILES string of the molecule is CCCCCCCC/C=C\CCCCCCCC(=O)O[C@@H](CO)CO/C=C\CCCCCCCCCCCC. The number of allylic oxidation sites excluding steroid dienone is 3. The summed E-state index contributed by atoms with van der Waals surface area (Å²) in [6, 6.07) is 0. The van der Waals surface area contributed by atoms with Gasteiger partial charge in [0.05, 0.1) is 12.9 Å². The Bertz CT molecular complexity index is 543. The third-order valence-corrected chi connectivity index (χ3v) is 7.34. The van der Waals surface area contributed by atoms with Crippen molar-refractivity contribution in [3.05, 3.63) is 24.5 Å². The van der Waals surface area contributed by atoms with Crippen molar-refractivity contribution in [1.82, 2.24) is 0 Å². The number of aliphatic hydroxyl groups is 1. The van der Waals surface area contributed by atoms with Crippen molar-refractivity contribution < 1.29 is 19.4 Å². The number of unbranched alkanes of at least 4 members (excludes halogenated alkanes) is 21. The molecule has 0 heterocycles. The first-order chi connectivity index (χ1) is 19.2. The summed E-state index contributed by atoms with van der Waals surface area (Å²) in [5.74, 6) is -0.232. The van der Waals surface area contributed by atoms with Gasteiger partial charge in [-0.1, -0.05) is 135 Å². The van der Waals surface area contributed by atoms with E-state index in [-0.39, 0.29) is 19.2 Å². The normalized spacial score (nSPS) is 12.5. The molecule has 0 aromatic heterocycles. The highest BCUT2D eigenvalue weighted by Gasteiger charge is 2.13. The minimum absolute atomic E-state index is 0.204. The lowest BCUT2D eigenvalue weighted by Crippen LogP contribution is -2.26. The van der Waals surface area contributed by atoms with E-state index in [0.717, 1.165) is 25.7 Å². The molecule has 0 aromatic carbocycles. The Morgan fingerprint density at radius 3 is 1.46 bits per heavy atom. The molecule has 0 spiro atoms.